The van der Waals surface area contributed by atoms with Crippen molar-refractivity contribution in [1.82, 2.24) is 10.6 Å². The number of carbonyl (C=O) groups excluding carboxylic acids is 1. The Balaban J connectivity index is 2.25. The fourth-order valence-electron chi connectivity index (χ4n) is 1.09. The van der Waals surface area contributed by atoms with Gasteiger partial charge in [-0.2, -0.15) is 0 Å². The molecule has 0 aromatic heterocycles. The number of thiocarbonyl (C=S) groups is 1. The molecule has 0 bridgehead atoms. The van der Waals surface area contributed by atoms with Gasteiger partial charge in [0.1, 0.15) is 6.54 Å². The highest BCUT2D eigenvalue weighted by molar-refractivity contribution is 7.80. The summed E-state index contributed by atoms with van der Waals surface area (Å²) in [5, 5.41) is 16.4. The first kappa shape index (κ1) is 13.9. The maximum absolute atomic E-state index is 11.2. The zero-order valence-electron chi connectivity index (χ0n) is 9.47. The highest BCUT2D eigenvalue weighted by atomic mass is 32.1. The van der Waals surface area contributed by atoms with Gasteiger partial charge >= 0.3 is 5.97 Å². The summed E-state index contributed by atoms with van der Waals surface area (Å²) < 4.78 is 0. The van der Waals surface area contributed by atoms with E-state index in [2.05, 4.69) is 16.0 Å². The van der Waals surface area contributed by atoms with Gasteiger partial charge in [0.15, 0.2) is 5.11 Å². The number of carbonyl (C=O) groups is 2. The molecule has 96 valence electrons. The number of carboxylic acids is 1. The SMILES string of the molecule is O=C(O)CNC(=O)CNC(=S)Nc1ccccc1. The van der Waals surface area contributed by atoms with Crippen molar-refractivity contribution in [1.29, 1.82) is 0 Å². The molecule has 0 unspecified atom stereocenters. The molecule has 0 aliphatic carbocycles. The van der Waals surface area contributed by atoms with Gasteiger partial charge in [-0.15, -0.1) is 0 Å². The number of amides is 1. The molecule has 0 spiro atoms. The van der Waals surface area contributed by atoms with E-state index in [0.717, 1.165) is 5.69 Å². The largest absolute Gasteiger partial charge is 0.480 e. The Morgan fingerprint density at radius 1 is 1.11 bits per heavy atom. The normalized spacial score (nSPS) is 9.33. The van der Waals surface area contributed by atoms with Crippen molar-refractivity contribution in [3.05, 3.63) is 30.3 Å². The summed E-state index contributed by atoms with van der Waals surface area (Å²) in [6.45, 7) is -0.481. The van der Waals surface area contributed by atoms with Crippen molar-refractivity contribution < 1.29 is 14.7 Å². The van der Waals surface area contributed by atoms with E-state index in [1.54, 1.807) is 0 Å². The van der Waals surface area contributed by atoms with Gasteiger partial charge in [-0.25, -0.2) is 0 Å². The monoisotopic (exact) mass is 267 g/mol. The van der Waals surface area contributed by atoms with Crippen LogP contribution in [0.4, 0.5) is 5.69 Å². The molecule has 4 N–H and O–H groups in total. The van der Waals surface area contributed by atoms with Crippen LogP contribution in [0.25, 0.3) is 0 Å². The van der Waals surface area contributed by atoms with Gasteiger partial charge in [-0.1, -0.05) is 18.2 Å². The van der Waals surface area contributed by atoms with E-state index in [4.69, 9.17) is 17.3 Å². The van der Waals surface area contributed by atoms with E-state index in [1.165, 1.54) is 0 Å². The highest BCUT2D eigenvalue weighted by Gasteiger charge is 2.04. The minimum Gasteiger partial charge on any atom is -0.480 e. The van der Waals surface area contributed by atoms with Gasteiger partial charge in [0.25, 0.3) is 0 Å². The van der Waals surface area contributed by atoms with Gasteiger partial charge in [0.05, 0.1) is 6.54 Å². The third kappa shape index (κ3) is 5.80. The van der Waals surface area contributed by atoms with Crippen molar-refractivity contribution >= 4 is 34.9 Å². The Morgan fingerprint density at radius 3 is 2.39 bits per heavy atom. The van der Waals surface area contributed by atoms with Crippen molar-refractivity contribution in [3.8, 4) is 0 Å². The lowest BCUT2D eigenvalue weighted by Gasteiger charge is -2.09. The molecule has 0 aliphatic rings. The average molecular weight is 267 g/mol. The fraction of sp³-hybridized carbons (Fsp3) is 0.182. The Bertz CT molecular complexity index is 436. The molecular weight excluding hydrogens is 254 g/mol. The summed E-state index contributed by atoms with van der Waals surface area (Å²) in [5.41, 5.74) is 0.806. The summed E-state index contributed by atoms with van der Waals surface area (Å²) in [7, 11) is 0. The Kier molecular flexibility index (Phi) is 5.59. The van der Waals surface area contributed by atoms with Gasteiger partial charge in [-0.05, 0) is 24.4 Å². The van der Waals surface area contributed by atoms with Crippen LogP contribution in [-0.2, 0) is 9.59 Å². The maximum Gasteiger partial charge on any atom is 0.322 e. The smallest absolute Gasteiger partial charge is 0.322 e. The first-order valence-corrected chi connectivity index (χ1v) is 5.57. The van der Waals surface area contributed by atoms with Crippen molar-refractivity contribution in [2.24, 2.45) is 0 Å². The van der Waals surface area contributed by atoms with Crippen LogP contribution in [0.15, 0.2) is 30.3 Å². The predicted molar refractivity (Wildman–Crippen MR) is 71.3 cm³/mol. The molecule has 0 fully saturated rings. The van der Waals surface area contributed by atoms with Crippen LogP contribution in [0.3, 0.4) is 0 Å². The van der Waals surface area contributed by atoms with Crippen molar-refractivity contribution in [2.75, 3.05) is 18.4 Å². The lowest BCUT2D eigenvalue weighted by Crippen LogP contribution is -2.40. The molecule has 1 amide bonds. The predicted octanol–water partition coefficient (Wildman–Crippen LogP) is 0.174. The highest BCUT2D eigenvalue weighted by Crippen LogP contribution is 2.03. The summed E-state index contributed by atoms with van der Waals surface area (Å²) in [6.07, 6.45) is 0. The zero-order valence-corrected chi connectivity index (χ0v) is 10.3. The Labute approximate surface area is 109 Å². The van der Waals surface area contributed by atoms with Crippen LogP contribution in [-0.4, -0.2) is 35.2 Å². The first-order valence-electron chi connectivity index (χ1n) is 5.16. The van der Waals surface area contributed by atoms with Gasteiger partial charge < -0.3 is 21.1 Å². The number of hydrogen-bond donors (Lipinski definition) is 4. The molecule has 0 saturated heterocycles. The minimum absolute atomic E-state index is 0.0774. The molecule has 0 radical (unpaired) electrons. The molecule has 6 nitrogen and oxygen atoms in total. The lowest BCUT2D eigenvalue weighted by atomic mass is 10.3. The van der Waals surface area contributed by atoms with Crippen molar-refractivity contribution in [2.45, 2.75) is 0 Å². The second-order valence-corrected chi connectivity index (χ2v) is 3.75. The van der Waals surface area contributed by atoms with Crippen LogP contribution < -0.4 is 16.0 Å². The van der Waals surface area contributed by atoms with Crippen LogP contribution in [0.2, 0.25) is 0 Å². The Hall–Kier alpha value is -2.15. The van der Waals surface area contributed by atoms with Crippen LogP contribution in [0.1, 0.15) is 0 Å². The number of anilines is 1. The number of hydrogen-bond acceptors (Lipinski definition) is 3. The van der Waals surface area contributed by atoms with Crippen molar-refractivity contribution in [3.63, 3.8) is 0 Å². The number of nitrogens with one attached hydrogen (secondary N) is 3. The van der Waals surface area contributed by atoms with Gasteiger partial charge in [-0.3, -0.25) is 9.59 Å². The van der Waals surface area contributed by atoms with E-state index in [0.29, 0.717) is 5.11 Å². The summed E-state index contributed by atoms with van der Waals surface area (Å²) in [5.74, 6) is -1.53. The number of aliphatic carboxylic acids is 1. The number of para-hydroxylation sites is 1. The van der Waals surface area contributed by atoms with Crippen LogP contribution >= 0.6 is 12.2 Å². The van der Waals surface area contributed by atoms with E-state index in [9.17, 15) is 9.59 Å². The molecule has 7 heteroatoms. The number of rotatable bonds is 5. The maximum atomic E-state index is 11.2. The summed E-state index contributed by atoms with van der Waals surface area (Å²) >= 11 is 4.97. The van der Waals surface area contributed by atoms with E-state index in [1.807, 2.05) is 30.3 Å². The van der Waals surface area contributed by atoms with Gasteiger partial charge in [0.2, 0.25) is 5.91 Å². The molecule has 0 atom stereocenters. The summed E-state index contributed by atoms with van der Waals surface area (Å²) in [4.78, 5) is 21.4. The van der Waals surface area contributed by atoms with Gasteiger partial charge in [0, 0.05) is 5.69 Å². The second-order valence-electron chi connectivity index (χ2n) is 3.34. The number of carboxylic acid groups (broad SMARTS) is 1. The lowest BCUT2D eigenvalue weighted by molar-refractivity contribution is -0.137. The third-order valence-electron chi connectivity index (χ3n) is 1.88. The molecule has 18 heavy (non-hydrogen) atoms. The first-order chi connectivity index (χ1) is 8.58. The quantitative estimate of drug-likeness (QED) is 0.569. The second kappa shape index (κ2) is 7.23. The summed E-state index contributed by atoms with van der Waals surface area (Å²) in [6, 6.07) is 9.24. The minimum atomic E-state index is -1.09. The average Bonchev–Trinajstić information content (AvgIpc) is 2.35. The standard InChI is InChI=1S/C11H13N3O3S/c15-9(12-7-10(16)17)6-13-11(18)14-8-4-2-1-3-5-8/h1-5H,6-7H2,(H,12,15)(H,16,17)(H2,13,14,18). The fourth-order valence-corrected chi connectivity index (χ4v) is 1.28. The molecular formula is C11H13N3O3S. The molecule has 1 aromatic rings. The molecule has 0 heterocycles. The molecule has 0 aliphatic heterocycles. The topological polar surface area (TPSA) is 90.5 Å². The van der Waals surface area contributed by atoms with Crippen LogP contribution in [0, 0.1) is 0 Å². The Morgan fingerprint density at radius 2 is 1.78 bits per heavy atom. The zero-order chi connectivity index (χ0) is 13.4. The van der Waals surface area contributed by atoms with Crippen LogP contribution in [0.5, 0.6) is 0 Å². The van der Waals surface area contributed by atoms with E-state index >= 15 is 0 Å². The van der Waals surface area contributed by atoms with E-state index in [-0.39, 0.29) is 6.54 Å². The molecule has 1 aromatic carbocycles. The third-order valence-corrected chi connectivity index (χ3v) is 2.12. The molecule has 0 saturated carbocycles. The van der Waals surface area contributed by atoms with E-state index < -0.39 is 18.4 Å². The number of benzene rings is 1. The molecule has 1 rings (SSSR count).